The summed E-state index contributed by atoms with van der Waals surface area (Å²) in [6.45, 7) is 7.08. The number of methoxy groups -OCH3 is 2. The normalized spacial score (nSPS) is 15.0. The predicted molar refractivity (Wildman–Crippen MR) is 227 cm³/mol. The quantitative estimate of drug-likeness (QED) is 0.0230. The molecule has 11 nitrogen and oxygen atoms in total. The Kier molecular flexibility index (Phi) is 38.2. The van der Waals surface area contributed by atoms with Crippen molar-refractivity contribution in [3.63, 3.8) is 0 Å². The predicted octanol–water partition coefficient (Wildman–Crippen LogP) is 8.36. The van der Waals surface area contributed by atoms with Crippen molar-refractivity contribution in [3.8, 4) is 0 Å². The Morgan fingerprint density at radius 1 is 0.607 bits per heavy atom. The first-order chi connectivity index (χ1) is 27.1. The van der Waals surface area contributed by atoms with E-state index in [-0.39, 0.29) is 43.3 Å². The average Bonchev–Trinajstić information content (AvgIpc) is 3.18. The number of nitrogens with zero attached hydrogens (tertiary/aromatic N) is 1. The largest absolute Gasteiger partial charge is 0.469 e. The molecule has 0 heterocycles. The number of ether oxygens (including phenoxy) is 3. The summed E-state index contributed by atoms with van der Waals surface area (Å²) < 4.78 is 16.1. The third-order valence-electron chi connectivity index (χ3n) is 11.1. The molecular formula is C45H90N2O9. The van der Waals surface area contributed by atoms with E-state index < -0.39 is 18.5 Å². The topological polar surface area (TPSA) is 158 Å². The summed E-state index contributed by atoms with van der Waals surface area (Å²) in [5, 5.41) is 47.2. The minimum atomic E-state index is -1.11. The van der Waals surface area contributed by atoms with Crippen LogP contribution in [0.2, 0.25) is 0 Å². The molecule has 0 radical (unpaired) electrons. The zero-order valence-electron chi connectivity index (χ0n) is 36.9. The van der Waals surface area contributed by atoms with Crippen LogP contribution in [-0.4, -0.2) is 114 Å². The molecule has 6 atom stereocenters. The third-order valence-corrected chi connectivity index (χ3v) is 11.1. The standard InChI is InChI=1S/C45H90N2O9/c1-6-8-10-12-18-24-30-41(50)40(29-23-17-15-21-27-33-44(52)55-5)47(34-35-48)37-45(53)56-42(31-25-19-13-11-9-7-2)39(46-36-38(3)49)28-22-16-14-20-26-32-43(51)54-4/h38-42,45-46,48-50,53H,6-37H2,1-5H3. The van der Waals surface area contributed by atoms with Crippen LogP contribution >= 0.6 is 0 Å². The zero-order chi connectivity index (χ0) is 41.7. The molecule has 0 amide bonds. The molecule has 0 aliphatic heterocycles. The van der Waals surface area contributed by atoms with Crippen LogP contribution in [0.3, 0.4) is 0 Å². The Balaban J connectivity index is 5.80. The van der Waals surface area contributed by atoms with E-state index in [2.05, 4.69) is 19.2 Å². The molecule has 0 saturated carbocycles. The highest BCUT2D eigenvalue weighted by Gasteiger charge is 2.30. The highest BCUT2D eigenvalue weighted by molar-refractivity contribution is 5.69. The number of nitrogens with one attached hydrogen (secondary N) is 1. The summed E-state index contributed by atoms with van der Waals surface area (Å²) >= 11 is 0. The fourth-order valence-electron chi connectivity index (χ4n) is 7.66. The SMILES string of the molecule is CCCCCCCCC(O)C(CCCCCCCC(=O)OC)N(CCO)CC(O)OC(CCCCCCCC)C(CCCCCCCC(=O)OC)NCC(C)O. The van der Waals surface area contributed by atoms with Crippen molar-refractivity contribution >= 4 is 11.9 Å². The van der Waals surface area contributed by atoms with Crippen molar-refractivity contribution in [1.82, 2.24) is 10.2 Å². The summed E-state index contributed by atoms with van der Waals surface area (Å²) in [4.78, 5) is 25.0. The van der Waals surface area contributed by atoms with E-state index in [1.165, 1.54) is 65.6 Å². The number of unbranched alkanes of at least 4 members (excludes halogenated alkanes) is 18. The van der Waals surface area contributed by atoms with E-state index >= 15 is 0 Å². The number of hydrogen-bond donors (Lipinski definition) is 5. The maximum absolute atomic E-state index is 11.6. The fraction of sp³-hybridized carbons (Fsp3) is 0.956. The van der Waals surface area contributed by atoms with Crippen molar-refractivity contribution < 1.29 is 44.2 Å². The van der Waals surface area contributed by atoms with E-state index in [9.17, 15) is 30.0 Å². The molecule has 0 aromatic rings. The van der Waals surface area contributed by atoms with Gasteiger partial charge in [-0.2, -0.15) is 0 Å². The number of aliphatic hydroxyl groups is 4. The lowest BCUT2D eigenvalue weighted by Crippen LogP contribution is -2.51. The van der Waals surface area contributed by atoms with Crippen LogP contribution < -0.4 is 5.32 Å². The monoisotopic (exact) mass is 803 g/mol. The number of carbonyl (C=O) groups excluding carboxylic acids is 2. The summed E-state index contributed by atoms with van der Waals surface area (Å²) in [6.07, 6.45) is 24.7. The van der Waals surface area contributed by atoms with Crippen LogP contribution in [0.15, 0.2) is 0 Å². The van der Waals surface area contributed by atoms with E-state index in [0.29, 0.717) is 32.4 Å². The zero-order valence-corrected chi connectivity index (χ0v) is 36.9. The van der Waals surface area contributed by atoms with Gasteiger partial charge in [0.15, 0.2) is 6.29 Å². The van der Waals surface area contributed by atoms with Gasteiger partial charge >= 0.3 is 11.9 Å². The van der Waals surface area contributed by atoms with Crippen molar-refractivity contribution in [3.05, 3.63) is 0 Å². The molecule has 0 aromatic heterocycles. The van der Waals surface area contributed by atoms with Gasteiger partial charge in [0.25, 0.3) is 0 Å². The van der Waals surface area contributed by atoms with Crippen molar-refractivity contribution in [1.29, 1.82) is 0 Å². The summed E-state index contributed by atoms with van der Waals surface area (Å²) in [6, 6.07) is -0.268. The highest BCUT2D eigenvalue weighted by atomic mass is 16.6. The van der Waals surface area contributed by atoms with Crippen LogP contribution in [0.25, 0.3) is 0 Å². The molecule has 334 valence electrons. The Labute approximate surface area is 343 Å². The number of esters is 2. The van der Waals surface area contributed by atoms with Crippen molar-refractivity contribution in [2.75, 3.05) is 40.5 Å². The summed E-state index contributed by atoms with van der Waals surface area (Å²) in [5.41, 5.74) is 0. The van der Waals surface area contributed by atoms with E-state index in [1.807, 2.05) is 4.90 Å². The van der Waals surface area contributed by atoms with Gasteiger partial charge in [-0.05, 0) is 45.4 Å². The minimum Gasteiger partial charge on any atom is -0.469 e. The third kappa shape index (κ3) is 31.6. The Morgan fingerprint density at radius 3 is 1.54 bits per heavy atom. The molecule has 0 aliphatic carbocycles. The fourth-order valence-corrected chi connectivity index (χ4v) is 7.66. The second kappa shape index (κ2) is 39.1. The van der Waals surface area contributed by atoms with Crippen molar-refractivity contribution in [2.24, 2.45) is 0 Å². The maximum Gasteiger partial charge on any atom is 0.305 e. The lowest BCUT2D eigenvalue weighted by molar-refractivity contribution is -0.164. The van der Waals surface area contributed by atoms with Crippen LogP contribution in [0.4, 0.5) is 0 Å². The van der Waals surface area contributed by atoms with Gasteiger partial charge in [-0.3, -0.25) is 14.5 Å². The van der Waals surface area contributed by atoms with Gasteiger partial charge in [0, 0.05) is 44.6 Å². The van der Waals surface area contributed by atoms with Crippen LogP contribution in [0.1, 0.15) is 201 Å². The lowest BCUT2D eigenvalue weighted by atomic mass is 9.95. The molecule has 0 bridgehead atoms. The van der Waals surface area contributed by atoms with Gasteiger partial charge in [0.2, 0.25) is 0 Å². The molecule has 0 aromatic carbocycles. The summed E-state index contributed by atoms with van der Waals surface area (Å²) in [5.74, 6) is -0.340. The smallest absolute Gasteiger partial charge is 0.305 e. The van der Waals surface area contributed by atoms with Crippen molar-refractivity contribution in [2.45, 2.75) is 237 Å². The second-order valence-corrected chi connectivity index (χ2v) is 16.2. The molecular weight excluding hydrogens is 712 g/mol. The van der Waals surface area contributed by atoms with Crippen LogP contribution in [0.5, 0.6) is 0 Å². The molecule has 0 spiro atoms. The number of aliphatic hydroxyl groups excluding tert-OH is 4. The first-order valence-electron chi connectivity index (χ1n) is 23.0. The van der Waals surface area contributed by atoms with E-state index in [1.54, 1.807) is 6.92 Å². The molecule has 0 saturated heterocycles. The van der Waals surface area contributed by atoms with Crippen LogP contribution in [0, 0.1) is 0 Å². The van der Waals surface area contributed by atoms with E-state index in [0.717, 1.165) is 109 Å². The molecule has 6 unspecified atom stereocenters. The highest BCUT2D eigenvalue weighted by Crippen LogP contribution is 2.23. The molecule has 11 heteroatoms. The molecule has 5 N–H and O–H groups in total. The van der Waals surface area contributed by atoms with E-state index in [4.69, 9.17) is 14.2 Å². The minimum absolute atomic E-state index is 0.0514. The molecule has 56 heavy (non-hydrogen) atoms. The first-order valence-corrected chi connectivity index (χ1v) is 23.0. The summed E-state index contributed by atoms with van der Waals surface area (Å²) in [7, 11) is 2.84. The number of hydrogen-bond acceptors (Lipinski definition) is 11. The van der Waals surface area contributed by atoms with Gasteiger partial charge in [0.05, 0.1) is 39.1 Å². The Morgan fingerprint density at radius 2 is 1.05 bits per heavy atom. The van der Waals surface area contributed by atoms with Gasteiger partial charge in [-0.15, -0.1) is 0 Å². The molecule has 0 aliphatic rings. The van der Waals surface area contributed by atoms with Gasteiger partial charge in [-0.25, -0.2) is 0 Å². The maximum atomic E-state index is 11.6. The number of rotatable bonds is 42. The van der Waals surface area contributed by atoms with Gasteiger partial charge in [0.1, 0.15) is 0 Å². The average molecular weight is 803 g/mol. The second-order valence-electron chi connectivity index (χ2n) is 16.2. The van der Waals surface area contributed by atoms with Crippen LogP contribution in [-0.2, 0) is 23.8 Å². The van der Waals surface area contributed by atoms with Gasteiger partial charge < -0.3 is 40.0 Å². The molecule has 0 fully saturated rings. The first kappa shape index (κ1) is 54.7. The lowest BCUT2D eigenvalue weighted by Gasteiger charge is -2.37. The number of carbonyl (C=O) groups is 2. The Bertz CT molecular complexity index is 881. The molecule has 0 rings (SSSR count). The van der Waals surface area contributed by atoms with Gasteiger partial charge in [-0.1, -0.05) is 142 Å². The Hall–Kier alpha value is -1.34.